The number of ether oxygens (including phenoxy) is 2. The van der Waals surface area contributed by atoms with Gasteiger partial charge in [0, 0.05) is 38.3 Å². The molecule has 2 aromatic carbocycles. The number of nitrogens with zero attached hydrogens (tertiary/aromatic N) is 2. The molecule has 1 amide bonds. The molecule has 2 fully saturated rings. The van der Waals surface area contributed by atoms with E-state index in [9.17, 15) is 4.79 Å². The first-order chi connectivity index (χ1) is 14.3. The lowest BCUT2D eigenvalue weighted by Crippen LogP contribution is -2.36. The highest BCUT2D eigenvalue weighted by molar-refractivity contribution is 5.94. The fourth-order valence-corrected chi connectivity index (χ4v) is 3.82. The highest BCUT2D eigenvalue weighted by Gasteiger charge is 2.16. The minimum absolute atomic E-state index is 0.0444. The summed E-state index contributed by atoms with van der Waals surface area (Å²) in [6, 6.07) is 16.5. The van der Waals surface area contributed by atoms with Crippen molar-refractivity contribution in [3.05, 3.63) is 54.1 Å². The Morgan fingerprint density at radius 2 is 1.45 bits per heavy atom. The molecule has 6 nitrogen and oxygen atoms in total. The van der Waals surface area contributed by atoms with Crippen LogP contribution in [-0.4, -0.2) is 58.5 Å². The number of amides is 1. The second-order valence-electron chi connectivity index (χ2n) is 7.43. The summed E-state index contributed by atoms with van der Waals surface area (Å²) in [6.07, 6.45) is 1.20. The Kier molecular flexibility index (Phi) is 6.64. The van der Waals surface area contributed by atoms with Gasteiger partial charge in [-0.1, -0.05) is 24.3 Å². The fraction of sp³-hybridized carbons (Fsp3) is 0.435. The van der Waals surface area contributed by atoms with Crippen molar-refractivity contribution in [1.82, 2.24) is 0 Å². The third-order valence-electron chi connectivity index (χ3n) is 5.48. The molecule has 0 aromatic heterocycles. The quantitative estimate of drug-likeness (QED) is 0.815. The van der Waals surface area contributed by atoms with Gasteiger partial charge < -0.3 is 24.6 Å². The summed E-state index contributed by atoms with van der Waals surface area (Å²) in [5.74, 6) is 0.0444. The van der Waals surface area contributed by atoms with Gasteiger partial charge in [-0.15, -0.1) is 0 Å². The molecular formula is C23H29N3O3. The van der Waals surface area contributed by atoms with E-state index in [1.54, 1.807) is 0 Å². The predicted octanol–water partition coefficient (Wildman–Crippen LogP) is 2.93. The van der Waals surface area contributed by atoms with Gasteiger partial charge in [-0.05, 0) is 36.2 Å². The number of carbonyl (C=O) groups excluding carboxylic acids is 1. The lowest BCUT2D eigenvalue weighted by Gasteiger charge is -2.30. The molecule has 0 radical (unpaired) electrons. The van der Waals surface area contributed by atoms with Crippen LogP contribution in [0.15, 0.2) is 48.5 Å². The highest BCUT2D eigenvalue weighted by Crippen LogP contribution is 2.26. The van der Waals surface area contributed by atoms with Crippen LogP contribution in [0.3, 0.4) is 0 Å². The van der Waals surface area contributed by atoms with Gasteiger partial charge >= 0.3 is 0 Å². The molecule has 2 aliphatic heterocycles. The van der Waals surface area contributed by atoms with Crippen molar-refractivity contribution in [3.8, 4) is 0 Å². The van der Waals surface area contributed by atoms with E-state index in [4.69, 9.17) is 9.47 Å². The second-order valence-corrected chi connectivity index (χ2v) is 7.43. The molecule has 2 heterocycles. The molecule has 1 N–H and O–H groups in total. The van der Waals surface area contributed by atoms with Crippen LogP contribution in [0.5, 0.6) is 0 Å². The van der Waals surface area contributed by atoms with E-state index in [1.807, 2.05) is 18.2 Å². The van der Waals surface area contributed by atoms with Crippen LogP contribution < -0.4 is 15.1 Å². The maximum absolute atomic E-state index is 12.6. The van der Waals surface area contributed by atoms with Crippen molar-refractivity contribution >= 4 is 23.0 Å². The van der Waals surface area contributed by atoms with E-state index >= 15 is 0 Å². The van der Waals surface area contributed by atoms with Crippen molar-refractivity contribution in [2.24, 2.45) is 0 Å². The Labute approximate surface area is 172 Å². The summed E-state index contributed by atoms with van der Waals surface area (Å²) in [7, 11) is 0. The Morgan fingerprint density at radius 1 is 0.828 bits per heavy atom. The van der Waals surface area contributed by atoms with Crippen molar-refractivity contribution < 1.29 is 14.3 Å². The molecule has 0 aliphatic carbocycles. The van der Waals surface area contributed by atoms with Crippen molar-refractivity contribution in [3.63, 3.8) is 0 Å². The summed E-state index contributed by atoms with van der Waals surface area (Å²) < 4.78 is 10.8. The molecule has 2 aromatic rings. The first-order valence-electron chi connectivity index (χ1n) is 10.4. The van der Waals surface area contributed by atoms with Gasteiger partial charge in [0.25, 0.3) is 0 Å². The van der Waals surface area contributed by atoms with E-state index in [0.29, 0.717) is 6.42 Å². The zero-order valence-corrected chi connectivity index (χ0v) is 16.8. The van der Waals surface area contributed by atoms with Crippen molar-refractivity contribution in [2.75, 3.05) is 67.7 Å². The Balaban J connectivity index is 1.31. The maximum Gasteiger partial charge on any atom is 0.224 e. The summed E-state index contributed by atoms with van der Waals surface area (Å²) in [5.41, 5.74) is 4.35. The molecule has 29 heavy (non-hydrogen) atoms. The first kappa shape index (κ1) is 19.7. The minimum atomic E-state index is 0.0444. The molecule has 0 saturated carbocycles. The average molecular weight is 396 g/mol. The molecule has 4 rings (SSSR count). The predicted molar refractivity (Wildman–Crippen MR) is 116 cm³/mol. The molecule has 6 heteroatoms. The maximum atomic E-state index is 12.6. The van der Waals surface area contributed by atoms with E-state index < -0.39 is 0 Å². The van der Waals surface area contributed by atoms with Crippen molar-refractivity contribution in [2.45, 2.75) is 12.8 Å². The molecule has 2 saturated heterocycles. The topological polar surface area (TPSA) is 54.0 Å². The van der Waals surface area contributed by atoms with E-state index in [0.717, 1.165) is 70.4 Å². The molecule has 0 spiro atoms. The summed E-state index contributed by atoms with van der Waals surface area (Å²) in [4.78, 5) is 17.2. The number of hydrogen-bond acceptors (Lipinski definition) is 5. The Morgan fingerprint density at radius 3 is 2.14 bits per heavy atom. The summed E-state index contributed by atoms with van der Waals surface area (Å²) >= 11 is 0. The van der Waals surface area contributed by atoms with E-state index in [-0.39, 0.29) is 5.91 Å². The lowest BCUT2D eigenvalue weighted by atomic mass is 10.1. The smallest absolute Gasteiger partial charge is 0.224 e. The Bertz CT molecular complexity index is 797. The van der Waals surface area contributed by atoms with Gasteiger partial charge in [-0.25, -0.2) is 0 Å². The van der Waals surface area contributed by atoms with Crippen LogP contribution in [0.1, 0.15) is 12.0 Å². The van der Waals surface area contributed by atoms with Gasteiger partial charge in [0.1, 0.15) is 0 Å². The zero-order valence-electron chi connectivity index (χ0n) is 16.8. The van der Waals surface area contributed by atoms with Crippen molar-refractivity contribution in [1.29, 1.82) is 0 Å². The number of rotatable bonds is 6. The fourth-order valence-electron chi connectivity index (χ4n) is 3.82. The molecular weight excluding hydrogens is 366 g/mol. The summed E-state index contributed by atoms with van der Waals surface area (Å²) in [6.45, 7) is 6.59. The van der Waals surface area contributed by atoms with Gasteiger partial charge in [-0.2, -0.15) is 0 Å². The van der Waals surface area contributed by atoms with Gasteiger partial charge in [0.15, 0.2) is 0 Å². The van der Waals surface area contributed by atoms with Crippen LogP contribution in [0, 0.1) is 0 Å². The molecule has 154 valence electrons. The van der Waals surface area contributed by atoms with Gasteiger partial charge in [-0.3, -0.25) is 4.79 Å². The number of benzene rings is 2. The zero-order chi connectivity index (χ0) is 19.9. The van der Waals surface area contributed by atoms with Crippen LogP contribution in [0.25, 0.3) is 0 Å². The van der Waals surface area contributed by atoms with Gasteiger partial charge in [0.2, 0.25) is 5.91 Å². The number of anilines is 3. The van der Waals surface area contributed by atoms with E-state index in [1.165, 1.54) is 11.3 Å². The van der Waals surface area contributed by atoms with E-state index in [2.05, 4.69) is 45.4 Å². The lowest BCUT2D eigenvalue weighted by molar-refractivity contribution is -0.116. The van der Waals surface area contributed by atoms with Gasteiger partial charge in [0.05, 0.1) is 37.8 Å². The molecule has 2 aliphatic rings. The number of carbonyl (C=O) groups is 1. The molecule has 0 atom stereocenters. The first-order valence-corrected chi connectivity index (χ1v) is 10.4. The number of nitrogens with one attached hydrogen (secondary N) is 1. The van der Waals surface area contributed by atoms with Crippen LogP contribution >= 0.6 is 0 Å². The Hall–Kier alpha value is -2.57. The average Bonchev–Trinajstić information content (AvgIpc) is 2.80. The van der Waals surface area contributed by atoms with Crippen LogP contribution in [0.4, 0.5) is 17.1 Å². The number of para-hydroxylation sites is 2. The normalized spacial score (nSPS) is 17.2. The minimum Gasteiger partial charge on any atom is -0.378 e. The number of hydrogen-bond donors (Lipinski definition) is 1. The second kappa shape index (κ2) is 9.76. The summed E-state index contributed by atoms with van der Waals surface area (Å²) in [5, 5.41) is 3.10. The molecule has 0 bridgehead atoms. The largest absolute Gasteiger partial charge is 0.378 e. The highest BCUT2D eigenvalue weighted by atomic mass is 16.5. The van der Waals surface area contributed by atoms with Crippen LogP contribution in [0.2, 0.25) is 0 Å². The molecule has 0 unspecified atom stereocenters. The SMILES string of the molecule is O=C(CCc1ccc(N2CCOCC2)cc1)Nc1ccccc1N1CCOCC1. The third kappa shape index (κ3) is 5.28. The van der Waals surface area contributed by atoms with Crippen LogP contribution in [-0.2, 0) is 20.7 Å². The number of aryl methyl sites for hydroxylation is 1. The standard InChI is InChI=1S/C23H29N3O3/c27-23(24-21-3-1-2-4-22(21)26-13-17-29-18-14-26)10-7-19-5-8-20(9-6-19)25-11-15-28-16-12-25/h1-6,8-9H,7,10-18H2,(H,24,27). The third-order valence-corrected chi connectivity index (χ3v) is 5.48. The monoisotopic (exact) mass is 395 g/mol. The number of morpholine rings is 2.